The van der Waals surface area contributed by atoms with Crippen molar-refractivity contribution in [3.05, 3.63) is 48.6 Å². The molecule has 0 unspecified atom stereocenters. The van der Waals surface area contributed by atoms with E-state index in [2.05, 4.69) is 18.7 Å². The maximum Gasteiger partial charge on any atom is 0.0671 e. The van der Waals surface area contributed by atoms with Crippen molar-refractivity contribution in [2.45, 2.75) is 30.8 Å². The summed E-state index contributed by atoms with van der Waals surface area (Å²) in [5.74, 6) is 0. The minimum atomic E-state index is -0.262. The molecule has 1 N–H and O–H groups in total. The van der Waals surface area contributed by atoms with Crippen molar-refractivity contribution in [3.63, 3.8) is 0 Å². The Labute approximate surface area is 85.1 Å². The Balaban J connectivity index is 2.43. The first-order valence-electron chi connectivity index (χ1n) is 5.17. The van der Waals surface area contributed by atoms with E-state index in [1.807, 2.05) is 24.3 Å². The van der Waals surface area contributed by atoms with Crippen LogP contribution in [-0.4, -0.2) is 11.2 Å². The van der Waals surface area contributed by atoms with Crippen molar-refractivity contribution in [1.82, 2.24) is 0 Å². The number of hydrogen-bond donors (Lipinski definition) is 1. The van der Waals surface area contributed by atoms with Crippen LogP contribution < -0.4 is 0 Å². The topological polar surface area (TPSA) is 20.2 Å². The molecule has 1 aliphatic rings. The van der Waals surface area contributed by atoms with Crippen LogP contribution in [0.3, 0.4) is 0 Å². The van der Waals surface area contributed by atoms with Crippen LogP contribution in [0.2, 0.25) is 0 Å². The molecule has 0 bridgehead atoms. The van der Waals surface area contributed by atoms with E-state index in [1.165, 1.54) is 5.56 Å². The maximum atomic E-state index is 10.0. The third kappa shape index (κ3) is 1.28. The lowest BCUT2D eigenvalue weighted by Crippen LogP contribution is -2.32. The highest BCUT2D eigenvalue weighted by Gasteiger charge is 2.40. The van der Waals surface area contributed by atoms with E-state index in [1.54, 1.807) is 0 Å². The van der Waals surface area contributed by atoms with Gasteiger partial charge in [-0.3, -0.25) is 0 Å². The van der Waals surface area contributed by atoms with Gasteiger partial charge in [0.25, 0.3) is 0 Å². The molecule has 0 radical (unpaired) electrons. The molecule has 0 amide bonds. The minimum absolute atomic E-state index is 0.193. The van der Waals surface area contributed by atoms with Crippen molar-refractivity contribution in [2.75, 3.05) is 0 Å². The number of hydrogen-bond acceptors (Lipinski definition) is 1. The normalized spacial score (nSPS) is 31.6. The molecule has 0 spiro atoms. The van der Waals surface area contributed by atoms with Crippen LogP contribution in [0.1, 0.15) is 24.8 Å². The first-order valence-corrected chi connectivity index (χ1v) is 5.17. The lowest BCUT2D eigenvalue weighted by molar-refractivity contribution is 0.131. The molecule has 0 heterocycles. The monoisotopic (exact) mass is 188 g/mol. The molecule has 0 saturated heterocycles. The second-order valence-corrected chi connectivity index (χ2v) is 4.02. The molecule has 1 heteroatoms. The quantitative estimate of drug-likeness (QED) is 0.707. The highest BCUT2D eigenvalue weighted by molar-refractivity contribution is 5.33. The van der Waals surface area contributed by atoms with Gasteiger partial charge in [0.15, 0.2) is 0 Å². The van der Waals surface area contributed by atoms with Crippen LogP contribution in [-0.2, 0) is 5.41 Å². The van der Waals surface area contributed by atoms with Crippen LogP contribution in [0.4, 0.5) is 0 Å². The number of rotatable bonds is 2. The van der Waals surface area contributed by atoms with Gasteiger partial charge in [0.2, 0.25) is 0 Å². The van der Waals surface area contributed by atoms with E-state index < -0.39 is 0 Å². The van der Waals surface area contributed by atoms with Crippen LogP contribution >= 0.6 is 0 Å². The van der Waals surface area contributed by atoms with Crippen LogP contribution in [0, 0.1) is 0 Å². The first kappa shape index (κ1) is 9.47. The molecule has 1 nitrogen and oxygen atoms in total. The summed E-state index contributed by atoms with van der Waals surface area (Å²) >= 11 is 0. The van der Waals surface area contributed by atoms with Crippen molar-refractivity contribution in [2.24, 2.45) is 0 Å². The van der Waals surface area contributed by atoms with Gasteiger partial charge < -0.3 is 5.11 Å². The van der Waals surface area contributed by atoms with Crippen LogP contribution in [0.25, 0.3) is 0 Å². The minimum Gasteiger partial charge on any atom is -0.392 e. The Morgan fingerprint density at radius 3 is 2.57 bits per heavy atom. The maximum absolute atomic E-state index is 10.0. The fourth-order valence-corrected chi connectivity index (χ4v) is 2.45. The molecule has 1 aliphatic carbocycles. The van der Waals surface area contributed by atoms with Crippen molar-refractivity contribution >= 4 is 0 Å². The second kappa shape index (κ2) is 3.58. The van der Waals surface area contributed by atoms with Crippen LogP contribution in [0.15, 0.2) is 43.0 Å². The lowest BCUT2D eigenvalue weighted by Gasteiger charge is -2.29. The Kier molecular flexibility index (Phi) is 2.42. The number of benzene rings is 1. The Bertz CT molecular complexity index is 317. The van der Waals surface area contributed by atoms with Gasteiger partial charge in [-0.25, -0.2) is 0 Å². The van der Waals surface area contributed by atoms with E-state index in [4.69, 9.17) is 0 Å². The molecular formula is C13H16O. The zero-order valence-electron chi connectivity index (χ0n) is 8.32. The molecular weight excluding hydrogens is 172 g/mol. The Morgan fingerprint density at radius 1 is 1.36 bits per heavy atom. The predicted octanol–water partition coefficient (Wildman–Crippen LogP) is 2.66. The Hall–Kier alpha value is -1.08. The summed E-state index contributed by atoms with van der Waals surface area (Å²) in [5, 5.41) is 10.0. The van der Waals surface area contributed by atoms with Crippen molar-refractivity contribution in [3.8, 4) is 0 Å². The summed E-state index contributed by atoms with van der Waals surface area (Å²) in [4.78, 5) is 0. The average Bonchev–Trinajstić information content (AvgIpc) is 2.62. The SMILES string of the molecule is C=C[C@@]1(c2ccccc2)CCC[C@H]1O. The molecule has 1 aromatic carbocycles. The first-order chi connectivity index (χ1) is 6.79. The second-order valence-electron chi connectivity index (χ2n) is 4.02. The summed E-state index contributed by atoms with van der Waals surface area (Å²) in [6.07, 6.45) is 4.65. The van der Waals surface area contributed by atoms with Gasteiger partial charge in [0.1, 0.15) is 0 Å². The van der Waals surface area contributed by atoms with Crippen molar-refractivity contribution in [1.29, 1.82) is 0 Å². The highest BCUT2D eigenvalue weighted by atomic mass is 16.3. The summed E-state index contributed by atoms with van der Waals surface area (Å²) in [7, 11) is 0. The average molecular weight is 188 g/mol. The molecule has 74 valence electrons. The summed E-state index contributed by atoms with van der Waals surface area (Å²) in [5.41, 5.74) is 1.00. The molecule has 0 aliphatic heterocycles. The molecule has 2 atom stereocenters. The smallest absolute Gasteiger partial charge is 0.0671 e. The van der Waals surface area contributed by atoms with Gasteiger partial charge in [-0.15, -0.1) is 6.58 Å². The number of aliphatic hydroxyl groups is 1. The Morgan fingerprint density at radius 2 is 2.07 bits per heavy atom. The lowest BCUT2D eigenvalue weighted by atomic mass is 9.77. The molecule has 1 saturated carbocycles. The molecule has 14 heavy (non-hydrogen) atoms. The zero-order chi connectivity index (χ0) is 10.0. The van der Waals surface area contributed by atoms with Gasteiger partial charge >= 0.3 is 0 Å². The standard InChI is InChI=1S/C13H16O/c1-2-13(10-6-9-12(13)14)11-7-4-3-5-8-11/h2-5,7-8,12,14H,1,6,9-10H2/t12-,13+/m1/s1. The van der Waals surface area contributed by atoms with Crippen molar-refractivity contribution < 1.29 is 5.11 Å². The van der Waals surface area contributed by atoms with Crippen LogP contribution in [0.5, 0.6) is 0 Å². The van der Waals surface area contributed by atoms with Gasteiger partial charge in [0.05, 0.1) is 6.10 Å². The van der Waals surface area contributed by atoms with Gasteiger partial charge in [-0.05, 0) is 24.8 Å². The zero-order valence-corrected chi connectivity index (χ0v) is 8.32. The highest BCUT2D eigenvalue weighted by Crippen LogP contribution is 2.41. The molecule has 0 aromatic heterocycles. The molecule has 2 rings (SSSR count). The largest absolute Gasteiger partial charge is 0.392 e. The third-order valence-corrected chi connectivity index (χ3v) is 3.34. The number of aliphatic hydroxyl groups excluding tert-OH is 1. The third-order valence-electron chi connectivity index (χ3n) is 3.34. The summed E-state index contributed by atoms with van der Waals surface area (Å²) < 4.78 is 0. The predicted molar refractivity (Wildman–Crippen MR) is 58.2 cm³/mol. The summed E-state index contributed by atoms with van der Waals surface area (Å²) in [6.45, 7) is 3.88. The van der Waals surface area contributed by atoms with E-state index in [-0.39, 0.29) is 11.5 Å². The molecule has 1 fully saturated rings. The summed E-state index contributed by atoms with van der Waals surface area (Å²) in [6, 6.07) is 10.2. The van der Waals surface area contributed by atoms with E-state index >= 15 is 0 Å². The molecule has 1 aromatic rings. The van der Waals surface area contributed by atoms with Gasteiger partial charge in [-0.2, -0.15) is 0 Å². The van der Waals surface area contributed by atoms with E-state index in [0.29, 0.717) is 0 Å². The van der Waals surface area contributed by atoms with Gasteiger partial charge in [-0.1, -0.05) is 36.4 Å². The van der Waals surface area contributed by atoms with Gasteiger partial charge in [0, 0.05) is 5.41 Å². The fourth-order valence-electron chi connectivity index (χ4n) is 2.45. The van der Waals surface area contributed by atoms with E-state index in [9.17, 15) is 5.11 Å². The van der Waals surface area contributed by atoms with E-state index in [0.717, 1.165) is 19.3 Å². The fraction of sp³-hybridized carbons (Fsp3) is 0.385.